The molecule has 1 saturated carbocycles. The van der Waals surface area contributed by atoms with E-state index in [0.717, 1.165) is 18.7 Å². The van der Waals surface area contributed by atoms with E-state index in [1.165, 1.54) is 11.3 Å². The van der Waals surface area contributed by atoms with E-state index in [1.54, 1.807) is 19.2 Å². The third-order valence-corrected chi connectivity index (χ3v) is 4.84. The SMILES string of the molecule is C[C@@H](NC(=O)c1cccs1)C(=O)N(Cc1nccn1C)C1CC1. The summed E-state index contributed by atoms with van der Waals surface area (Å²) in [6.07, 6.45) is 5.63. The maximum atomic E-state index is 12.7. The first kappa shape index (κ1) is 15.7. The molecule has 2 amide bonds. The average molecular weight is 332 g/mol. The van der Waals surface area contributed by atoms with Gasteiger partial charge < -0.3 is 14.8 Å². The lowest BCUT2D eigenvalue weighted by atomic mass is 10.2. The van der Waals surface area contributed by atoms with E-state index in [2.05, 4.69) is 10.3 Å². The third kappa shape index (κ3) is 3.61. The molecule has 2 aromatic rings. The van der Waals surface area contributed by atoms with Crippen molar-refractivity contribution in [3.63, 3.8) is 0 Å². The van der Waals surface area contributed by atoms with Gasteiger partial charge in [0.15, 0.2) is 0 Å². The lowest BCUT2D eigenvalue weighted by Crippen LogP contribution is -2.47. The van der Waals surface area contributed by atoms with Crippen molar-refractivity contribution >= 4 is 23.2 Å². The quantitative estimate of drug-likeness (QED) is 0.877. The Kier molecular flexibility index (Phi) is 4.47. The van der Waals surface area contributed by atoms with Gasteiger partial charge in [0.1, 0.15) is 11.9 Å². The minimum Gasteiger partial charge on any atom is -0.340 e. The Morgan fingerprint density at radius 1 is 1.52 bits per heavy atom. The first-order valence-corrected chi connectivity index (χ1v) is 8.55. The average Bonchev–Trinajstić information content (AvgIpc) is 3.06. The maximum absolute atomic E-state index is 12.7. The van der Waals surface area contributed by atoms with Crippen LogP contribution >= 0.6 is 11.3 Å². The monoisotopic (exact) mass is 332 g/mol. The first-order valence-electron chi connectivity index (χ1n) is 7.67. The summed E-state index contributed by atoms with van der Waals surface area (Å²) in [5, 5.41) is 4.64. The van der Waals surface area contributed by atoms with E-state index in [-0.39, 0.29) is 17.9 Å². The van der Waals surface area contributed by atoms with Crippen molar-refractivity contribution in [1.29, 1.82) is 0 Å². The second-order valence-corrected chi connectivity index (χ2v) is 6.77. The van der Waals surface area contributed by atoms with Crippen molar-refractivity contribution in [2.24, 2.45) is 7.05 Å². The fourth-order valence-corrected chi connectivity index (χ4v) is 3.09. The second kappa shape index (κ2) is 6.54. The summed E-state index contributed by atoms with van der Waals surface area (Å²) in [6, 6.07) is 3.29. The summed E-state index contributed by atoms with van der Waals surface area (Å²) < 4.78 is 1.91. The molecule has 2 heterocycles. The zero-order chi connectivity index (χ0) is 16.4. The van der Waals surface area contributed by atoms with Crippen LogP contribution in [0.4, 0.5) is 0 Å². The fraction of sp³-hybridized carbons (Fsp3) is 0.438. The number of carbonyl (C=O) groups excluding carboxylic acids is 2. The largest absolute Gasteiger partial charge is 0.340 e. The van der Waals surface area contributed by atoms with Crippen LogP contribution in [0.25, 0.3) is 0 Å². The molecule has 23 heavy (non-hydrogen) atoms. The number of nitrogens with one attached hydrogen (secondary N) is 1. The Morgan fingerprint density at radius 2 is 2.30 bits per heavy atom. The summed E-state index contributed by atoms with van der Waals surface area (Å²) in [5.74, 6) is 0.594. The van der Waals surface area contributed by atoms with Crippen molar-refractivity contribution in [2.45, 2.75) is 38.4 Å². The first-order chi connectivity index (χ1) is 11.1. The molecule has 7 heteroatoms. The molecule has 6 nitrogen and oxygen atoms in total. The minimum absolute atomic E-state index is 0.0552. The number of imidazole rings is 1. The Labute approximate surface area is 139 Å². The molecule has 0 aromatic carbocycles. The topological polar surface area (TPSA) is 67.2 Å². The molecule has 1 aliphatic carbocycles. The van der Waals surface area contributed by atoms with Crippen molar-refractivity contribution in [3.8, 4) is 0 Å². The fourth-order valence-electron chi connectivity index (χ4n) is 2.46. The van der Waals surface area contributed by atoms with Crippen LogP contribution in [0.5, 0.6) is 0 Å². The highest BCUT2D eigenvalue weighted by Crippen LogP contribution is 2.28. The van der Waals surface area contributed by atoms with E-state index >= 15 is 0 Å². The highest BCUT2D eigenvalue weighted by atomic mass is 32.1. The zero-order valence-corrected chi connectivity index (χ0v) is 14.0. The van der Waals surface area contributed by atoms with Gasteiger partial charge in [-0.15, -0.1) is 11.3 Å². The van der Waals surface area contributed by atoms with Crippen LogP contribution in [0.1, 0.15) is 35.3 Å². The van der Waals surface area contributed by atoms with Gasteiger partial charge in [0.25, 0.3) is 5.91 Å². The standard InChI is InChI=1S/C16H20N4O2S/c1-11(18-15(21)13-4-3-9-23-13)16(22)20(12-5-6-12)10-14-17-7-8-19(14)2/h3-4,7-9,11-12H,5-6,10H2,1-2H3,(H,18,21)/t11-/m1/s1. The van der Waals surface area contributed by atoms with E-state index < -0.39 is 6.04 Å². The molecule has 0 radical (unpaired) electrons. The van der Waals surface area contributed by atoms with Crippen LogP contribution in [0.2, 0.25) is 0 Å². The van der Waals surface area contributed by atoms with Gasteiger partial charge >= 0.3 is 0 Å². The zero-order valence-electron chi connectivity index (χ0n) is 13.2. The molecule has 1 atom stereocenters. The number of nitrogens with zero attached hydrogens (tertiary/aromatic N) is 3. The summed E-state index contributed by atoms with van der Waals surface area (Å²) in [4.78, 5) is 31.6. The van der Waals surface area contributed by atoms with E-state index in [9.17, 15) is 9.59 Å². The number of hydrogen-bond acceptors (Lipinski definition) is 4. The molecule has 1 N–H and O–H groups in total. The summed E-state index contributed by atoms with van der Waals surface area (Å²) in [6.45, 7) is 2.22. The van der Waals surface area contributed by atoms with Crippen LogP contribution in [-0.4, -0.2) is 38.3 Å². The number of aryl methyl sites for hydroxylation is 1. The van der Waals surface area contributed by atoms with Crippen molar-refractivity contribution < 1.29 is 9.59 Å². The van der Waals surface area contributed by atoms with Gasteiger partial charge in [0.05, 0.1) is 11.4 Å². The molecule has 0 bridgehead atoms. The Hall–Kier alpha value is -2.15. The van der Waals surface area contributed by atoms with Crippen molar-refractivity contribution in [1.82, 2.24) is 19.8 Å². The van der Waals surface area contributed by atoms with Gasteiger partial charge in [-0.25, -0.2) is 4.98 Å². The van der Waals surface area contributed by atoms with E-state index in [1.807, 2.05) is 34.2 Å². The molecule has 0 unspecified atom stereocenters. The van der Waals surface area contributed by atoms with Gasteiger partial charge in [-0.2, -0.15) is 0 Å². The minimum atomic E-state index is -0.550. The van der Waals surface area contributed by atoms with Crippen LogP contribution in [0.15, 0.2) is 29.9 Å². The molecule has 0 saturated heterocycles. The van der Waals surface area contributed by atoms with Crippen LogP contribution in [-0.2, 0) is 18.4 Å². The van der Waals surface area contributed by atoms with Gasteiger partial charge in [0, 0.05) is 25.5 Å². The molecular weight excluding hydrogens is 312 g/mol. The molecular formula is C16H20N4O2S. The number of amides is 2. The van der Waals surface area contributed by atoms with E-state index in [0.29, 0.717) is 11.4 Å². The number of hydrogen-bond donors (Lipinski definition) is 1. The number of rotatable bonds is 6. The van der Waals surface area contributed by atoms with Gasteiger partial charge in [0.2, 0.25) is 5.91 Å². The Bertz CT molecular complexity index is 691. The normalized spacial score (nSPS) is 15.2. The predicted molar refractivity (Wildman–Crippen MR) is 88.0 cm³/mol. The van der Waals surface area contributed by atoms with E-state index in [4.69, 9.17) is 0 Å². The summed E-state index contributed by atoms with van der Waals surface area (Å²) >= 11 is 1.37. The lowest BCUT2D eigenvalue weighted by molar-refractivity contribution is -0.134. The highest BCUT2D eigenvalue weighted by Gasteiger charge is 2.35. The van der Waals surface area contributed by atoms with Gasteiger partial charge in [-0.05, 0) is 31.2 Å². The maximum Gasteiger partial charge on any atom is 0.261 e. The van der Waals surface area contributed by atoms with Gasteiger partial charge in [-0.3, -0.25) is 9.59 Å². The Balaban J connectivity index is 1.66. The molecule has 0 spiro atoms. The van der Waals surface area contributed by atoms with Crippen molar-refractivity contribution in [3.05, 3.63) is 40.6 Å². The molecule has 2 aromatic heterocycles. The second-order valence-electron chi connectivity index (χ2n) is 5.82. The molecule has 1 aliphatic rings. The Morgan fingerprint density at radius 3 is 2.87 bits per heavy atom. The van der Waals surface area contributed by atoms with Crippen LogP contribution < -0.4 is 5.32 Å². The smallest absolute Gasteiger partial charge is 0.261 e. The molecule has 1 fully saturated rings. The number of aromatic nitrogens is 2. The summed E-state index contributed by atoms with van der Waals surface area (Å²) in [5.41, 5.74) is 0. The summed E-state index contributed by atoms with van der Waals surface area (Å²) in [7, 11) is 1.92. The number of thiophene rings is 1. The molecule has 0 aliphatic heterocycles. The lowest BCUT2D eigenvalue weighted by Gasteiger charge is -2.26. The number of carbonyl (C=O) groups is 2. The molecule has 3 rings (SSSR count). The van der Waals surface area contributed by atoms with Crippen molar-refractivity contribution in [2.75, 3.05) is 0 Å². The van der Waals surface area contributed by atoms with Crippen LogP contribution in [0, 0.1) is 0 Å². The van der Waals surface area contributed by atoms with Crippen LogP contribution in [0.3, 0.4) is 0 Å². The highest BCUT2D eigenvalue weighted by molar-refractivity contribution is 7.12. The third-order valence-electron chi connectivity index (χ3n) is 3.97. The predicted octanol–water partition coefficient (Wildman–Crippen LogP) is 1.79. The molecule has 122 valence electrons. The van der Waals surface area contributed by atoms with Gasteiger partial charge in [-0.1, -0.05) is 6.07 Å².